The number of ether oxygens (including phenoxy) is 2. The van der Waals surface area contributed by atoms with E-state index in [1.165, 1.54) is 13.0 Å². The molecule has 1 atom stereocenters. The van der Waals surface area contributed by atoms with E-state index in [9.17, 15) is 9.59 Å². The zero-order chi connectivity index (χ0) is 16.7. The van der Waals surface area contributed by atoms with Crippen LogP contribution in [0.15, 0.2) is 24.3 Å². The molecule has 6 nitrogen and oxygen atoms in total. The van der Waals surface area contributed by atoms with Gasteiger partial charge < -0.3 is 20.5 Å². The van der Waals surface area contributed by atoms with Gasteiger partial charge in [0, 0.05) is 6.08 Å². The van der Waals surface area contributed by atoms with Crippen LogP contribution in [0.25, 0.3) is 6.08 Å². The van der Waals surface area contributed by atoms with Crippen molar-refractivity contribution in [1.82, 2.24) is 5.32 Å². The SMILES string of the molecule is COc1cc(C=CC(=O)NC(C)C(N)=O)ccc1OC(C)C. The smallest absolute Gasteiger partial charge is 0.244 e. The summed E-state index contributed by atoms with van der Waals surface area (Å²) in [6, 6.07) is 4.64. The van der Waals surface area contributed by atoms with Crippen molar-refractivity contribution in [3.8, 4) is 11.5 Å². The number of nitrogens with two attached hydrogens (primary N) is 1. The van der Waals surface area contributed by atoms with E-state index in [0.29, 0.717) is 11.5 Å². The summed E-state index contributed by atoms with van der Waals surface area (Å²) in [4.78, 5) is 22.5. The van der Waals surface area contributed by atoms with Gasteiger partial charge in [-0.25, -0.2) is 0 Å². The summed E-state index contributed by atoms with van der Waals surface area (Å²) >= 11 is 0. The van der Waals surface area contributed by atoms with E-state index < -0.39 is 17.9 Å². The summed E-state index contributed by atoms with van der Waals surface area (Å²) in [5.74, 6) is 0.245. The van der Waals surface area contributed by atoms with Crippen LogP contribution in [0, 0.1) is 0 Å². The van der Waals surface area contributed by atoms with Crippen LogP contribution in [0.3, 0.4) is 0 Å². The monoisotopic (exact) mass is 306 g/mol. The Hall–Kier alpha value is -2.50. The van der Waals surface area contributed by atoms with Crippen molar-refractivity contribution in [3.63, 3.8) is 0 Å². The maximum Gasteiger partial charge on any atom is 0.244 e. The maximum atomic E-state index is 11.6. The summed E-state index contributed by atoms with van der Waals surface area (Å²) in [5, 5.41) is 2.46. The quantitative estimate of drug-likeness (QED) is 0.747. The number of hydrogen-bond acceptors (Lipinski definition) is 4. The van der Waals surface area contributed by atoms with Crippen molar-refractivity contribution in [1.29, 1.82) is 0 Å². The molecule has 0 saturated heterocycles. The van der Waals surface area contributed by atoms with E-state index >= 15 is 0 Å². The van der Waals surface area contributed by atoms with Crippen molar-refractivity contribution in [2.75, 3.05) is 7.11 Å². The van der Waals surface area contributed by atoms with Crippen LogP contribution in [0.1, 0.15) is 26.3 Å². The Morgan fingerprint density at radius 1 is 1.23 bits per heavy atom. The van der Waals surface area contributed by atoms with Crippen molar-refractivity contribution in [2.24, 2.45) is 5.73 Å². The molecule has 1 unspecified atom stereocenters. The molecule has 0 bridgehead atoms. The number of primary amides is 1. The first kappa shape index (κ1) is 17.6. The summed E-state index contributed by atoms with van der Waals surface area (Å²) in [6.45, 7) is 5.38. The summed E-state index contributed by atoms with van der Waals surface area (Å²) < 4.78 is 10.9. The molecule has 6 heteroatoms. The third kappa shape index (κ3) is 5.47. The van der Waals surface area contributed by atoms with Gasteiger partial charge in [-0.2, -0.15) is 0 Å². The summed E-state index contributed by atoms with van der Waals surface area (Å²) in [6.07, 6.45) is 2.98. The molecule has 0 aliphatic rings. The number of benzene rings is 1. The van der Waals surface area contributed by atoms with Gasteiger partial charge in [0.15, 0.2) is 11.5 Å². The minimum atomic E-state index is -0.714. The molecule has 0 heterocycles. The second-order valence-electron chi connectivity index (χ2n) is 5.04. The highest BCUT2D eigenvalue weighted by atomic mass is 16.5. The first-order valence-electron chi connectivity index (χ1n) is 6.96. The molecule has 1 rings (SSSR count). The number of carbonyl (C=O) groups is 2. The minimum Gasteiger partial charge on any atom is -0.493 e. The van der Waals surface area contributed by atoms with Gasteiger partial charge in [0.25, 0.3) is 0 Å². The number of hydrogen-bond donors (Lipinski definition) is 2. The standard InChI is InChI=1S/C16H22N2O4/c1-10(2)22-13-7-5-12(9-14(13)21-4)6-8-15(19)18-11(3)16(17)20/h5-11H,1-4H3,(H2,17,20)(H,18,19). The van der Waals surface area contributed by atoms with Gasteiger partial charge in [0.05, 0.1) is 13.2 Å². The fourth-order valence-electron chi connectivity index (χ4n) is 1.64. The van der Waals surface area contributed by atoms with Crippen molar-refractivity contribution < 1.29 is 19.1 Å². The Labute approximate surface area is 130 Å². The molecule has 1 aromatic carbocycles. The maximum absolute atomic E-state index is 11.6. The van der Waals surface area contributed by atoms with Crippen molar-refractivity contribution >= 4 is 17.9 Å². The number of methoxy groups -OCH3 is 1. The van der Waals surface area contributed by atoms with Gasteiger partial charge in [0.1, 0.15) is 6.04 Å². The highest BCUT2D eigenvalue weighted by Gasteiger charge is 2.10. The molecule has 120 valence electrons. The van der Waals surface area contributed by atoms with Crippen LogP contribution in [0.2, 0.25) is 0 Å². The predicted octanol–water partition coefficient (Wildman–Crippen LogP) is 1.49. The number of rotatable bonds is 7. The van der Waals surface area contributed by atoms with E-state index in [4.69, 9.17) is 15.2 Å². The van der Waals surface area contributed by atoms with Gasteiger partial charge in [0.2, 0.25) is 11.8 Å². The third-order valence-corrected chi connectivity index (χ3v) is 2.76. The average Bonchev–Trinajstić information content (AvgIpc) is 2.45. The molecule has 0 aromatic heterocycles. The van der Waals surface area contributed by atoms with E-state index in [2.05, 4.69) is 5.32 Å². The van der Waals surface area contributed by atoms with E-state index in [-0.39, 0.29) is 6.10 Å². The lowest BCUT2D eigenvalue weighted by molar-refractivity contribution is -0.124. The Balaban J connectivity index is 2.79. The predicted molar refractivity (Wildman–Crippen MR) is 84.6 cm³/mol. The van der Waals surface area contributed by atoms with Crippen LogP contribution in [-0.2, 0) is 9.59 Å². The lowest BCUT2D eigenvalue weighted by atomic mass is 10.2. The molecule has 22 heavy (non-hydrogen) atoms. The highest BCUT2D eigenvalue weighted by Crippen LogP contribution is 2.29. The van der Waals surface area contributed by atoms with E-state index in [1.54, 1.807) is 25.3 Å². The summed E-state index contributed by atoms with van der Waals surface area (Å²) in [7, 11) is 1.55. The number of carbonyl (C=O) groups excluding carboxylic acids is 2. The minimum absolute atomic E-state index is 0.0383. The molecule has 0 saturated carbocycles. The molecule has 3 N–H and O–H groups in total. The van der Waals surface area contributed by atoms with Crippen LogP contribution in [-0.4, -0.2) is 31.1 Å². The van der Waals surface area contributed by atoms with Gasteiger partial charge in [-0.05, 0) is 44.5 Å². The van der Waals surface area contributed by atoms with Crippen molar-refractivity contribution in [2.45, 2.75) is 32.9 Å². The Morgan fingerprint density at radius 2 is 1.91 bits per heavy atom. The Morgan fingerprint density at radius 3 is 2.45 bits per heavy atom. The van der Waals surface area contributed by atoms with Crippen LogP contribution >= 0.6 is 0 Å². The number of amides is 2. The second kappa shape index (κ2) is 8.07. The fourth-order valence-corrected chi connectivity index (χ4v) is 1.64. The van der Waals surface area contributed by atoms with E-state index in [0.717, 1.165) is 5.56 Å². The van der Waals surface area contributed by atoms with Crippen LogP contribution in [0.5, 0.6) is 11.5 Å². The molecule has 0 aliphatic carbocycles. The molecule has 2 amide bonds. The topological polar surface area (TPSA) is 90.6 Å². The molecule has 0 radical (unpaired) electrons. The molecule has 1 aromatic rings. The first-order valence-corrected chi connectivity index (χ1v) is 6.96. The lowest BCUT2D eigenvalue weighted by Crippen LogP contribution is -2.41. The van der Waals surface area contributed by atoms with Crippen LogP contribution in [0.4, 0.5) is 0 Å². The van der Waals surface area contributed by atoms with Crippen molar-refractivity contribution in [3.05, 3.63) is 29.8 Å². The normalized spacial score (nSPS) is 12.2. The molecular weight excluding hydrogens is 284 g/mol. The van der Waals surface area contributed by atoms with Crippen LogP contribution < -0.4 is 20.5 Å². The Bertz CT molecular complexity index is 567. The average molecular weight is 306 g/mol. The lowest BCUT2D eigenvalue weighted by Gasteiger charge is -2.13. The molecule has 0 fully saturated rings. The van der Waals surface area contributed by atoms with Gasteiger partial charge >= 0.3 is 0 Å². The zero-order valence-electron chi connectivity index (χ0n) is 13.3. The first-order chi connectivity index (χ1) is 10.3. The number of nitrogens with one attached hydrogen (secondary N) is 1. The largest absolute Gasteiger partial charge is 0.493 e. The summed E-state index contributed by atoms with van der Waals surface area (Å²) in [5.41, 5.74) is 5.85. The third-order valence-electron chi connectivity index (χ3n) is 2.76. The highest BCUT2D eigenvalue weighted by molar-refractivity contribution is 5.95. The van der Waals surface area contributed by atoms with Gasteiger partial charge in [-0.3, -0.25) is 9.59 Å². The Kier molecular flexibility index (Phi) is 6.44. The van der Waals surface area contributed by atoms with Gasteiger partial charge in [-0.15, -0.1) is 0 Å². The van der Waals surface area contributed by atoms with E-state index in [1.807, 2.05) is 19.9 Å². The molecular formula is C16H22N2O4. The molecule has 0 aliphatic heterocycles. The zero-order valence-corrected chi connectivity index (χ0v) is 13.3. The molecule has 0 spiro atoms. The van der Waals surface area contributed by atoms with Gasteiger partial charge in [-0.1, -0.05) is 6.07 Å². The second-order valence-corrected chi connectivity index (χ2v) is 5.04. The fraction of sp³-hybridized carbons (Fsp3) is 0.375.